The largest absolute Gasteiger partial charge is 0.147 e. The van der Waals surface area contributed by atoms with Gasteiger partial charge >= 0.3 is 219 Å². The first-order chi connectivity index (χ1) is 17.2. The van der Waals surface area contributed by atoms with E-state index in [1.807, 2.05) is 0 Å². The van der Waals surface area contributed by atoms with Gasteiger partial charge in [-0.15, -0.1) is 24.8 Å². The van der Waals surface area contributed by atoms with Crippen LogP contribution in [0.5, 0.6) is 0 Å². The standard InChI is InChI=1S/2C16H13.2CH3.2ClH.H2Si.Ti/c2*1-12-10-14-8-5-9-15(16(14)11-12)13-6-3-2-4-7-13;;;;;;/h2*2-11H,1H3;2*1H3;2*1H;1H2;. The van der Waals surface area contributed by atoms with E-state index < -0.39 is 14.0 Å². The molecule has 0 bridgehead atoms. The van der Waals surface area contributed by atoms with Crippen molar-refractivity contribution in [3.63, 3.8) is 0 Å². The van der Waals surface area contributed by atoms with E-state index in [1.54, 1.807) is 22.3 Å². The zero-order valence-electron chi connectivity index (χ0n) is 22.6. The van der Waals surface area contributed by atoms with Gasteiger partial charge in [0.05, 0.1) is 0 Å². The maximum absolute atomic E-state index is 3.22. The molecule has 38 heavy (non-hydrogen) atoms. The summed E-state index contributed by atoms with van der Waals surface area (Å²) in [6.45, 7) is 4.77. The van der Waals surface area contributed by atoms with Gasteiger partial charge in [0.15, 0.2) is 0 Å². The molecule has 0 radical (unpaired) electrons. The molecule has 0 saturated carbocycles. The summed E-state index contributed by atoms with van der Waals surface area (Å²) in [5.74, 6) is 0. The number of halogens is 2. The molecule has 2 aliphatic rings. The molecule has 0 fully saturated rings. The molecule has 6 rings (SSSR count). The molecule has 194 valence electrons. The molecule has 0 amide bonds. The molecule has 0 nitrogen and oxygen atoms in total. The quantitative estimate of drug-likeness (QED) is 0.207. The van der Waals surface area contributed by atoms with Gasteiger partial charge in [0.1, 0.15) is 0 Å². The molecule has 0 aliphatic heterocycles. The predicted octanol–water partition coefficient (Wildman–Crippen LogP) is 9.81. The van der Waals surface area contributed by atoms with Crippen LogP contribution in [0.3, 0.4) is 0 Å². The summed E-state index contributed by atoms with van der Waals surface area (Å²) in [5.41, 5.74) is 14.4. The molecule has 0 N–H and O–H groups in total. The fourth-order valence-corrected chi connectivity index (χ4v) is 21.4. The van der Waals surface area contributed by atoms with Crippen molar-refractivity contribution in [3.05, 3.63) is 130 Å². The van der Waals surface area contributed by atoms with Crippen molar-refractivity contribution in [2.45, 2.75) is 32.7 Å². The third kappa shape index (κ3) is 4.53. The van der Waals surface area contributed by atoms with Gasteiger partial charge in [0, 0.05) is 0 Å². The van der Waals surface area contributed by atoms with Crippen molar-refractivity contribution in [2.75, 3.05) is 0 Å². The Labute approximate surface area is 242 Å². The summed E-state index contributed by atoms with van der Waals surface area (Å²) < 4.78 is 1.05. The maximum atomic E-state index is 2.70. The van der Waals surface area contributed by atoms with Gasteiger partial charge in [-0.2, -0.15) is 0 Å². The van der Waals surface area contributed by atoms with Crippen LogP contribution < -0.4 is 0 Å². The first-order valence-electron chi connectivity index (χ1n) is 13.0. The Morgan fingerprint density at radius 1 is 0.526 bits per heavy atom. The Kier molecular flexibility index (Phi) is 7.94. The van der Waals surface area contributed by atoms with Crippen LogP contribution in [0.1, 0.15) is 44.5 Å². The average molecular weight is 592 g/mol. The second-order valence-electron chi connectivity index (χ2n) is 11.9. The second kappa shape index (κ2) is 10.5. The van der Waals surface area contributed by atoms with E-state index in [1.165, 1.54) is 33.4 Å². The Bertz CT molecular complexity index is 1510. The van der Waals surface area contributed by atoms with Crippen molar-refractivity contribution in [2.24, 2.45) is 0 Å². The summed E-state index contributed by atoms with van der Waals surface area (Å²) in [6, 6.07) is 35.8. The molecule has 2 unspecified atom stereocenters. The zero-order valence-corrected chi connectivity index (χ0v) is 27.2. The van der Waals surface area contributed by atoms with Crippen molar-refractivity contribution in [1.82, 2.24) is 0 Å². The molecular weight excluding hydrogens is 555 g/mol. The van der Waals surface area contributed by atoms with E-state index >= 15 is 0 Å². The van der Waals surface area contributed by atoms with Gasteiger partial charge in [0.2, 0.25) is 0 Å². The Morgan fingerprint density at radius 2 is 0.895 bits per heavy atom. The third-order valence-corrected chi connectivity index (χ3v) is 20.3. The summed E-state index contributed by atoms with van der Waals surface area (Å²) in [6.07, 6.45) is 5.00. The molecule has 2 atom stereocenters. The van der Waals surface area contributed by atoms with E-state index in [0.717, 1.165) is 0 Å². The number of fused-ring (bicyclic) bond motifs is 2. The first kappa shape index (κ1) is 28.9. The minimum atomic E-state index is -3.22. The van der Waals surface area contributed by atoms with E-state index in [0.29, 0.717) is 8.45 Å². The smallest absolute Gasteiger partial charge is 0.147 e. The van der Waals surface area contributed by atoms with Gasteiger partial charge in [0.25, 0.3) is 0 Å². The first-order valence-corrected chi connectivity index (χ1v) is 22.0. The summed E-state index contributed by atoms with van der Waals surface area (Å²) >= 11 is -3.22. The molecule has 2 aliphatic carbocycles. The molecule has 0 aromatic heterocycles. The summed E-state index contributed by atoms with van der Waals surface area (Å²) in [7, 11) is 2.40. The van der Waals surface area contributed by atoms with Crippen molar-refractivity contribution in [1.29, 1.82) is 0 Å². The van der Waals surface area contributed by atoms with Crippen LogP contribution in [-0.4, -0.2) is 7.63 Å². The fourth-order valence-electron chi connectivity index (χ4n) is 7.53. The van der Waals surface area contributed by atoms with E-state index in [9.17, 15) is 0 Å². The predicted molar refractivity (Wildman–Crippen MR) is 171 cm³/mol. The number of benzene rings is 4. The van der Waals surface area contributed by atoms with Crippen molar-refractivity contribution in [3.8, 4) is 22.3 Å². The molecule has 4 aromatic carbocycles. The van der Waals surface area contributed by atoms with Crippen molar-refractivity contribution >= 4 is 44.6 Å². The van der Waals surface area contributed by atoms with E-state index in [2.05, 4.69) is 141 Å². The number of rotatable bonds is 4. The van der Waals surface area contributed by atoms with Crippen LogP contribution in [0.2, 0.25) is 10.5 Å². The minimum absolute atomic E-state index is 0. The Balaban J connectivity index is 0.00000168. The van der Waals surface area contributed by atoms with Gasteiger partial charge in [-0.25, -0.2) is 0 Å². The maximum Gasteiger partial charge on any atom is -0.147 e. The third-order valence-electron chi connectivity index (χ3n) is 8.62. The average Bonchev–Trinajstić information content (AvgIpc) is 3.41. The van der Waals surface area contributed by atoms with Crippen LogP contribution in [0.25, 0.3) is 34.4 Å². The normalized spacial score (nSPS) is 17.9. The van der Waals surface area contributed by atoms with Crippen LogP contribution in [-0.2, 0) is 14.0 Å². The van der Waals surface area contributed by atoms with E-state index in [4.69, 9.17) is 0 Å². The molecule has 0 saturated heterocycles. The number of allylic oxidation sites excluding steroid dienone is 2. The molecular formula is C34H36Cl2SiTi. The Hall–Kier alpha value is -2.13. The van der Waals surface area contributed by atoms with Crippen LogP contribution in [0, 0.1) is 0 Å². The Morgan fingerprint density at radius 3 is 1.26 bits per heavy atom. The fraction of sp³-hybridized carbons (Fsp3) is 0.176. The molecule has 4 aromatic rings. The van der Waals surface area contributed by atoms with Gasteiger partial charge < -0.3 is 0 Å². The van der Waals surface area contributed by atoms with Crippen LogP contribution >= 0.6 is 24.8 Å². The van der Waals surface area contributed by atoms with Crippen molar-refractivity contribution < 1.29 is 14.0 Å². The SMILES string of the molecule is CC1=Cc2c(-c3ccccc3)cccc2[CH]1[Ti]([CH3])([CH3])(=[SiH2])[CH]1C(C)=Cc2c(-c3ccccc3)cccc21.Cl.Cl. The summed E-state index contributed by atoms with van der Waals surface area (Å²) in [4.78, 5) is 0. The van der Waals surface area contributed by atoms with Gasteiger partial charge in [-0.1, -0.05) is 0 Å². The molecule has 4 heteroatoms. The topological polar surface area (TPSA) is 0 Å². The van der Waals surface area contributed by atoms with E-state index in [-0.39, 0.29) is 24.8 Å². The van der Waals surface area contributed by atoms with Crippen LogP contribution in [0.4, 0.5) is 0 Å². The number of hydrogen-bond acceptors (Lipinski definition) is 0. The van der Waals surface area contributed by atoms with Gasteiger partial charge in [-0.05, 0) is 0 Å². The minimum Gasteiger partial charge on any atom is -0.147 e. The molecule has 0 spiro atoms. The molecule has 0 heterocycles. The zero-order chi connectivity index (χ0) is 25.1. The monoisotopic (exact) mass is 590 g/mol. The summed E-state index contributed by atoms with van der Waals surface area (Å²) in [5, 5.41) is 5.41. The second-order valence-corrected chi connectivity index (χ2v) is 32.1. The number of hydrogen-bond donors (Lipinski definition) is 0. The van der Waals surface area contributed by atoms with Crippen LogP contribution in [0.15, 0.2) is 108 Å². The van der Waals surface area contributed by atoms with Gasteiger partial charge in [-0.3, -0.25) is 0 Å².